The van der Waals surface area contributed by atoms with Gasteiger partial charge in [0, 0.05) is 38.2 Å². The highest BCUT2D eigenvalue weighted by Gasteiger charge is 2.23. The topological polar surface area (TPSA) is 38.8 Å². The van der Waals surface area contributed by atoms with E-state index in [2.05, 4.69) is 17.9 Å². The first-order valence-corrected chi connectivity index (χ1v) is 13.6. The van der Waals surface area contributed by atoms with E-state index in [-0.39, 0.29) is 5.78 Å². The van der Waals surface area contributed by atoms with Gasteiger partial charge in [0.25, 0.3) is 0 Å². The number of halogens is 1. The van der Waals surface area contributed by atoms with E-state index in [4.69, 9.17) is 21.1 Å². The molecule has 1 aliphatic heterocycles. The van der Waals surface area contributed by atoms with Crippen molar-refractivity contribution in [3.8, 4) is 21.9 Å². The molecule has 0 amide bonds. The first-order valence-electron chi connectivity index (χ1n) is 12.4. The minimum Gasteiger partial charge on any atom is -0.497 e. The van der Waals surface area contributed by atoms with Crippen molar-refractivity contribution in [2.45, 2.75) is 26.2 Å². The van der Waals surface area contributed by atoms with E-state index in [1.165, 1.54) is 19.3 Å². The molecule has 0 radical (unpaired) electrons. The number of carbonyl (C=O) groups is 1. The molecule has 0 aliphatic carbocycles. The van der Waals surface area contributed by atoms with Crippen molar-refractivity contribution in [3.63, 3.8) is 0 Å². The molecule has 186 valence electrons. The van der Waals surface area contributed by atoms with E-state index in [1.54, 1.807) is 24.5 Å². The van der Waals surface area contributed by atoms with Gasteiger partial charge in [-0.25, -0.2) is 0 Å². The summed E-state index contributed by atoms with van der Waals surface area (Å²) in [6, 6.07) is 19.3. The van der Waals surface area contributed by atoms with Gasteiger partial charge >= 0.3 is 0 Å². The summed E-state index contributed by atoms with van der Waals surface area (Å²) in [4.78, 5) is 17.2. The number of thiophene rings is 1. The Bertz CT molecular complexity index is 1370. The molecule has 5 rings (SSSR count). The monoisotopic (exact) mass is 519 g/mol. The Kier molecular flexibility index (Phi) is 7.61. The number of ketones is 1. The molecule has 2 heterocycles. The molecular formula is C30H30ClNO3S. The van der Waals surface area contributed by atoms with Crippen LogP contribution in [0.15, 0.2) is 60.7 Å². The highest BCUT2D eigenvalue weighted by atomic mass is 35.5. The highest BCUT2D eigenvalue weighted by Crippen LogP contribution is 2.43. The zero-order chi connectivity index (χ0) is 25.1. The molecule has 1 aromatic heterocycles. The molecular weight excluding hydrogens is 490 g/mol. The van der Waals surface area contributed by atoms with Gasteiger partial charge in [-0.1, -0.05) is 30.2 Å². The van der Waals surface area contributed by atoms with Crippen LogP contribution in [0.3, 0.4) is 0 Å². The molecule has 1 saturated heterocycles. The summed E-state index contributed by atoms with van der Waals surface area (Å²) in [5.74, 6) is 1.45. The predicted molar refractivity (Wildman–Crippen MR) is 149 cm³/mol. The number of likely N-dealkylation sites (tertiary alicyclic amines) is 1. The number of hydrogen-bond donors (Lipinski definition) is 0. The van der Waals surface area contributed by atoms with Gasteiger partial charge in [-0.05, 0) is 86.9 Å². The Morgan fingerprint density at radius 1 is 0.972 bits per heavy atom. The molecule has 0 atom stereocenters. The van der Waals surface area contributed by atoms with Gasteiger partial charge in [-0.15, -0.1) is 11.3 Å². The van der Waals surface area contributed by atoms with Crippen LogP contribution < -0.4 is 9.47 Å². The van der Waals surface area contributed by atoms with Gasteiger partial charge in [0.05, 0.1) is 12.1 Å². The number of nitrogens with zero attached hydrogens (tertiary/aromatic N) is 1. The second kappa shape index (κ2) is 11.0. The minimum absolute atomic E-state index is 0.0214. The molecule has 36 heavy (non-hydrogen) atoms. The third-order valence-electron chi connectivity index (χ3n) is 6.73. The average molecular weight is 520 g/mol. The quantitative estimate of drug-likeness (QED) is 0.224. The first kappa shape index (κ1) is 24.8. The molecule has 3 aromatic carbocycles. The molecule has 0 unspecified atom stereocenters. The number of benzene rings is 3. The molecule has 4 aromatic rings. The molecule has 1 aliphatic rings. The van der Waals surface area contributed by atoms with Crippen molar-refractivity contribution < 1.29 is 14.3 Å². The fourth-order valence-electron chi connectivity index (χ4n) is 4.75. The molecule has 0 N–H and O–H groups in total. The minimum atomic E-state index is -0.0214. The Morgan fingerprint density at radius 3 is 2.44 bits per heavy atom. The summed E-state index contributed by atoms with van der Waals surface area (Å²) in [7, 11) is 1.61. The number of piperidine rings is 1. The number of aryl methyl sites for hydroxylation is 1. The number of ether oxygens (including phenoxy) is 2. The van der Waals surface area contributed by atoms with Crippen LogP contribution in [0.4, 0.5) is 0 Å². The fourth-order valence-corrected chi connectivity index (χ4v) is 6.41. The van der Waals surface area contributed by atoms with Crippen LogP contribution >= 0.6 is 22.9 Å². The maximum Gasteiger partial charge on any atom is 0.195 e. The maximum absolute atomic E-state index is 13.9. The standard InChI is InChI=1S/C30H30ClNO3S/c1-20-6-12-25-27(18-20)36-30(24-13-11-23(34-2)19-26(24)31)28(25)29(33)21-7-9-22(10-8-21)35-17-16-32-14-4-3-5-15-32/h6-13,18-19H,3-5,14-17H2,1-2H3. The molecule has 0 spiro atoms. The van der Waals surface area contributed by atoms with E-state index in [1.807, 2.05) is 48.5 Å². The van der Waals surface area contributed by atoms with Crippen LogP contribution in [0, 0.1) is 6.92 Å². The lowest BCUT2D eigenvalue weighted by Crippen LogP contribution is -2.33. The van der Waals surface area contributed by atoms with Crippen molar-refractivity contribution in [3.05, 3.63) is 82.4 Å². The van der Waals surface area contributed by atoms with Crippen LogP contribution in [0.25, 0.3) is 20.5 Å². The van der Waals surface area contributed by atoms with Crippen LogP contribution in [-0.4, -0.2) is 44.0 Å². The van der Waals surface area contributed by atoms with Crippen molar-refractivity contribution >= 4 is 38.8 Å². The number of hydrogen-bond acceptors (Lipinski definition) is 5. The second-order valence-corrected chi connectivity index (χ2v) is 10.7. The van der Waals surface area contributed by atoms with Crippen LogP contribution in [0.2, 0.25) is 5.02 Å². The summed E-state index contributed by atoms with van der Waals surface area (Å²) in [5, 5.41) is 1.50. The lowest BCUT2D eigenvalue weighted by molar-refractivity contribution is 0.104. The van der Waals surface area contributed by atoms with Gasteiger partial charge < -0.3 is 9.47 Å². The first-order chi connectivity index (χ1) is 17.5. The van der Waals surface area contributed by atoms with E-state index in [0.29, 0.717) is 28.5 Å². The van der Waals surface area contributed by atoms with Gasteiger partial charge in [-0.3, -0.25) is 9.69 Å². The number of carbonyl (C=O) groups excluding carboxylic acids is 1. The zero-order valence-corrected chi connectivity index (χ0v) is 22.3. The van der Waals surface area contributed by atoms with Gasteiger partial charge in [0.15, 0.2) is 5.78 Å². The van der Waals surface area contributed by atoms with E-state index in [9.17, 15) is 4.79 Å². The van der Waals surface area contributed by atoms with Crippen molar-refractivity contribution in [2.24, 2.45) is 0 Å². The fraction of sp³-hybridized carbons (Fsp3) is 0.300. The number of rotatable bonds is 8. The normalized spacial score (nSPS) is 14.2. The summed E-state index contributed by atoms with van der Waals surface area (Å²) in [5.41, 5.74) is 3.30. The summed E-state index contributed by atoms with van der Waals surface area (Å²) < 4.78 is 12.4. The van der Waals surface area contributed by atoms with Gasteiger partial charge in [0.2, 0.25) is 0 Å². The summed E-state index contributed by atoms with van der Waals surface area (Å²) in [6.45, 7) is 5.97. The number of fused-ring (bicyclic) bond motifs is 1. The Morgan fingerprint density at radius 2 is 1.72 bits per heavy atom. The predicted octanol–water partition coefficient (Wildman–Crippen LogP) is 7.63. The van der Waals surface area contributed by atoms with E-state index < -0.39 is 0 Å². The lowest BCUT2D eigenvalue weighted by atomic mass is 9.97. The highest BCUT2D eigenvalue weighted by molar-refractivity contribution is 7.22. The van der Waals surface area contributed by atoms with Crippen molar-refractivity contribution in [1.29, 1.82) is 0 Å². The smallest absolute Gasteiger partial charge is 0.195 e. The van der Waals surface area contributed by atoms with Gasteiger partial charge in [-0.2, -0.15) is 0 Å². The van der Waals surface area contributed by atoms with Crippen LogP contribution in [0.1, 0.15) is 40.7 Å². The Labute approximate surface area is 221 Å². The Hall–Kier alpha value is -2.86. The average Bonchev–Trinajstić information content (AvgIpc) is 3.27. The Balaban J connectivity index is 1.42. The molecule has 0 bridgehead atoms. The maximum atomic E-state index is 13.9. The third-order valence-corrected chi connectivity index (χ3v) is 8.23. The second-order valence-electron chi connectivity index (χ2n) is 9.26. The van der Waals surface area contributed by atoms with E-state index in [0.717, 1.165) is 51.5 Å². The molecule has 6 heteroatoms. The molecule has 0 saturated carbocycles. The largest absolute Gasteiger partial charge is 0.497 e. The van der Waals surface area contributed by atoms with Crippen molar-refractivity contribution in [1.82, 2.24) is 4.90 Å². The molecule has 4 nitrogen and oxygen atoms in total. The van der Waals surface area contributed by atoms with Crippen molar-refractivity contribution in [2.75, 3.05) is 33.4 Å². The van der Waals surface area contributed by atoms with Gasteiger partial charge in [0.1, 0.15) is 18.1 Å². The summed E-state index contributed by atoms with van der Waals surface area (Å²) in [6.07, 6.45) is 3.88. The summed E-state index contributed by atoms with van der Waals surface area (Å²) >= 11 is 8.24. The van der Waals surface area contributed by atoms with Crippen LogP contribution in [0.5, 0.6) is 11.5 Å². The zero-order valence-electron chi connectivity index (χ0n) is 20.7. The SMILES string of the molecule is COc1ccc(-c2sc3cc(C)ccc3c2C(=O)c2ccc(OCCN3CCCCC3)cc2)c(Cl)c1. The van der Waals surface area contributed by atoms with E-state index >= 15 is 0 Å². The van der Waals surface area contributed by atoms with Crippen LogP contribution in [-0.2, 0) is 0 Å². The molecule has 1 fully saturated rings. The lowest BCUT2D eigenvalue weighted by Gasteiger charge is -2.26. The number of methoxy groups -OCH3 is 1. The third kappa shape index (κ3) is 5.29.